The molecule has 0 atom stereocenters. The minimum Gasteiger partial charge on any atom is -0.306 e. The number of carbonyl (C=O) groups is 1. The van der Waals surface area contributed by atoms with E-state index in [0.29, 0.717) is 44.0 Å². The van der Waals surface area contributed by atoms with Crippen LogP contribution in [-0.4, -0.2) is 35.4 Å². The normalized spacial score (nSPS) is 11.1. The Labute approximate surface area is 192 Å². The molecule has 5 rings (SSSR count). The third kappa shape index (κ3) is 3.70. The summed E-state index contributed by atoms with van der Waals surface area (Å²) in [4.78, 5) is 21.6. The second-order valence-electron chi connectivity index (χ2n) is 7.02. The van der Waals surface area contributed by atoms with E-state index in [1.807, 2.05) is 19.1 Å². The zero-order chi connectivity index (χ0) is 22.2. The van der Waals surface area contributed by atoms with Gasteiger partial charge in [-0.25, -0.2) is 14.6 Å². The number of benzene rings is 2. The molecule has 0 saturated heterocycles. The van der Waals surface area contributed by atoms with Gasteiger partial charge >= 0.3 is 0 Å². The van der Waals surface area contributed by atoms with Crippen molar-refractivity contribution >= 4 is 46.0 Å². The first kappa shape index (κ1) is 20.2. The van der Waals surface area contributed by atoms with Crippen LogP contribution in [0.4, 0.5) is 5.82 Å². The number of aryl methyl sites for hydroxylation is 1. The molecule has 1 N–H and O–H groups in total. The molecule has 0 aliphatic carbocycles. The van der Waals surface area contributed by atoms with Gasteiger partial charge in [0.2, 0.25) is 0 Å². The molecule has 0 unspecified atom stereocenters. The van der Waals surface area contributed by atoms with Crippen molar-refractivity contribution in [2.45, 2.75) is 6.92 Å². The summed E-state index contributed by atoms with van der Waals surface area (Å²) in [7, 11) is 0. The Kier molecular flexibility index (Phi) is 5.08. The molecule has 5 aromatic rings. The van der Waals surface area contributed by atoms with Gasteiger partial charge < -0.3 is 5.32 Å². The molecule has 0 saturated carbocycles. The maximum atomic E-state index is 12.8. The number of aromatic nitrogens is 6. The van der Waals surface area contributed by atoms with Gasteiger partial charge in [-0.15, -0.1) is 0 Å². The van der Waals surface area contributed by atoms with Crippen LogP contribution in [0.5, 0.6) is 0 Å². The third-order valence-electron chi connectivity index (χ3n) is 4.76. The van der Waals surface area contributed by atoms with Gasteiger partial charge in [0.1, 0.15) is 12.1 Å². The second kappa shape index (κ2) is 8.07. The molecule has 0 aliphatic heterocycles. The molecule has 1 amide bonds. The number of hydrogen-bond donors (Lipinski definition) is 1. The summed E-state index contributed by atoms with van der Waals surface area (Å²) in [6.45, 7) is 1.83. The predicted octanol–water partition coefficient (Wildman–Crippen LogP) is 4.87. The number of anilines is 1. The van der Waals surface area contributed by atoms with Crippen LogP contribution in [0.15, 0.2) is 67.1 Å². The molecular weight excluding hydrogens is 449 g/mol. The Balaban J connectivity index is 1.57. The number of hydrogen-bond acceptors (Lipinski definition) is 5. The number of halogens is 2. The van der Waals surface area contributed by atoms with E-state index < -0.39 is 0 Å². The van der Waals surface area contributed by atoms with E-state index in [4.69, 9.17) is 23.2 Å². The molecule has 0 spiro atoms. The van der Waals surface area contributed by atoms with Crippen molar-refractivity contribution in [1.29, 1.82) is 0 Å². The lowest BCUT2D eigenvalue weighted by Crippen LogP contribution is -2.15. The predicted molar refractivity (Wildman–Crippen MR) is 123 cm³/mol. The molecule has 3 aromatic heterocycles. The molecule has 10 heteroatoms. The first-order chi connectivity index (χ1) is 15.5. The number of fused-ring (bicyclic) bond motifs is 1. The summed E-state index contributed by atoms with van der Waals surface area (Å²) < 4.78 is 3.23. The SMILES string of the molecule is Cc1cc(NC(=O)c2cccc(Cl)c2)n(-c2ncnc3c2cnn3-c2cccc(Cl)c2)n1. The van der Waals surface area contributed by atoms with Crippen molar-refractivity contribution in [3.63, 3.8) is 0 Å². The molecule has 158 valence electrons. The van der Waals surface area contributed by atoms with Gasteiger partial charge in [0.05, 0.1) is 23.0 Å². The zero-order valence-corrected chi connectivity index (χ0v) is 18.2. The van der Waals surface area contributed by atoms with Crippen LogP contribution in [0, 0.1) is 6.92 Å². The Hall–Kier alpha value is -3.75. The number of carbonyl (C=O) groups excluding carboxylic acids is 1. The van der Waals surface area contributed by atoms with E-state index in [0.717, 1.165) is 5.69 Å². The molecule has 8 nitrogen and oxygen atoms in total. The summed E-state index contributed by atoms with van der Waals surface area (Å²) in [5.74, 6) is 0.634. The van der Waals surface area contributed by atoms with Gasteiger partial charge in [-0.1, -0.05) is 35.3 Å². The standard InChI is InChI=1S/C22H15Cl2N7O/c1-13-8-19(28-22(32)14-4-2-5-15(23)9-14)31(29-13)21-18-11-27-30(20(18)25-12-26-21)17-7-3-6-16(24)10-17/h2-12H,1H3,(H,28,32). The van der Waals surface area contributed by atoms with Crippen molar-refractivity contribution in [2.75, 3.05) is 5.32 Å². The van der Waals surface area contributed by atoms with Crippen molar-refractivity contribution in [2.24, 2.45) is 0 Å². The highest BCUT2D eigenvalue weighted by atomic mass is 35.5. The van der Waals surface area contributed by atoms with Crippen LogP contribution in [0.2, 0.25) is 10.0 Å². The van der Waals surface area contributed by atoms with Gasteiger partial charge in [-0.3, -0.25) is 4.79 Å². The maximum Gasteiger partial charge on any atom is 0.256 e. The average Bonchev–Trinajstić information content (AvgIpc) is 3.37. The fourth-order valence-corrected chi connectivity index (χ4v) is 3.74. The van der Waals surface area contributed by atoms with E-state index >= 15 is 0 Å². The Morgan fingerprint density at radius 3 is 2.53 bits per heavy atom. The Morgan fingerprint density at radius 1 is 0.969 bits per heavy atom. The first-order valence-electron chi connectivity index (χ1n) is 9.58. The lowest BCUT2D eigenvalue weighted by Gasteiger charge is -2.09. The quantitative estimate of drug-likeness (QED) is 0.410. The molecule has 3 heterocycles. The molecule has 0 fully saturated rings. The van der Waals surface area contributed by atoms with E-state index in [1.54, 1.807) is 58.0 Å². The van der Waals surface area contributed by atoms with E-state index in [9.17, 15) is 4.79 Å². The second-order valence-corrected chi connectivity index (χ2v) is 7.89. The molecule has 0 radical (unpaired) electrons. The van der Waals surface area contributed by atoms with Gasteiger partial charge in [-0.2, -0.15) is 14.9 Å². The van der Waals surface area contributed by atoms with Crippen molar-refractivity contribution in [1.82, 2.24) is 29.5 Å². The molecular formula is C22H15Cl2N7O. The summed E-state index contributed by atoms with van der Waals surface area (Å²) in [5, 5.41) is 13.6. The summed E-state index contributed by atoms with van der Waals surface area (Å²) in [5.41, 5.74) is 2.49. The summed E-state index contributed by atoms with van der Waals surface area (Å²) in [6.07, 6.45) is 3.09. The van der Waals surface area contributed by atoms with Crippen molar-refractivity contribution < 1.29 is 4.79 Å². The lowest BCUT2D eigenvalue weighted by atomic mass is 10.2. The maximum absolute atomic E-state index is 12.8. The van der Waals surface area contributed by atoms with Crippen LogP contribution in [0.25, 0.3) is 22.5 Å². The van der Waals surface area contributed by atoms with E-state index in [2.05, 4.69) is 25.5 Å². The molecule has 0 aliphatic rings. The minimum absolute atomic E-state index is 0.312. The summed E-state index contributed by atoms with van der Waals surface area (Å²) in [6, 6.07) is 15.8. The molecule has 2 aromatic carbocycles. The van der Waals surface area contributed by atoms with E-state index in [1.165, 1.54) is 6.33 Å². The van der Waals surface area contributed by atoms with Crippen LogP contribution >= 0.6 is 23.2 Å². The minimum atomic E-state index is -0.312. The number of amides is 1. The average molecular weight is 464 g/mol. The van der Waals surface area contributed by atoms with Crippen LogP contribution in [-0.2, 0) is 0 Å². The number of nitrogens with one attached hydrogen (secondary N) is 1. The summed E-state index contributed by atoms with van der Waals surface area (Å²) >= 11 is 12.2. The van der Waals surface area contributed by atoms with Crippen LogP contribution in [0.1, 0.15) is 16.1 Å². The van der Waals surface area contributed by atoms with E-state index in [-0.39, 0.29) is 5.91 Å². The topological polar surface area (TPSA) is 90.5 Å². The molecule has 32 heavy (non-hydrogen) atoms. The third-order valence-corrected chi connectivity index (χ3v) is 5.23. The monoisotopic (exact) mass is 463 g/mol. The van der Waals surface area contributed by atoms with Gasteiger partial charge in [0.25, 0.3) is 5.91 Å². The first-order valence-corrected chi connectivity index (χ1v) is 10.3. The van der Waals surface area contributed by atoms with Crippen molar-refractivity contribution in [3.05, 3.63) is 88.4 Å². The number of rotatable bonds is 4. The van der Waals surface area contributed by atoms with Crippen LogP contribution < -0.4 is 5.32 Å². The van der Waals surface area contributed by atoms with Crippen molar-refractivity contribution in [3.8, 4) is 11.5 Å². The van der Waals surface area contributed by atoms with Gasteiger partial charge in [0.15, 0.2) is 11.5 Å². The number of nitrogens with zero attached hydrogens (tertiary/aromatic N) is 6. The zero-order valence-electron chi connectivity index (χ0n) is 16.7. The highest BCUT2D eigenvalue weighted by Gasteiger charge is 2.18. The van der Waals surface area contributed by atoms with Crippen LogP contribution in [0.3, 0.4) is 0 Å². The van der Waals surface area contributed by atoms with Gasteiger partial charge in [0, 0.05) is 21.7 Å². The fraction of sp³-hybridized carbons (Fsp3) is 0.0455. The molecule has 0 bridgehead atoms. The highest BCUT2D eigenvalue weighted by molar-refractivity contribution is 6.31. The lowest BCUT2D eigenvalue weighted by molar-refractivity contribution is 0.102. The highest BCUT2D eigenvalue weighted by Crippen LogP contribution is 2.25. The smallest absolute Gasteiger partial charge is 0.256 e. The van der Waals surface area contributed by atoms with Gasteiger partial charge in [-0.05, 0) is 43.3 Å². The fourth-order valence-electron chi connectivity index (χ4n) is 3.37. The Morgan fingerprint density at radius 2 is 1.75 bits per heavy atom. The largest absolute Gasteiger partial charge is 0.306 e. The Bertz CT molecular complexity index is 1470.